The van der Waals surface area contributed by atoms with Gasteiger partial charge in [-0.25, -0.2) is 4.79 Å². The third kappa shape index (κ3) is 1.93. The fourth-order valence-electron chi connectivity index (χ4n) is 0.609. The van der Waals surface area contributed by atoms with Gasteiger partial charge in [0.15, 0.2) is 6.23 Å². The molecular weight excluding hydrogens is 122 g/mol. The van der Waals surface area contributed by atoms with Crippen LogP contribution in [-0.2, 0) is 14.3 Å². The van der Waals surface area contributed by atoms with E-state index in [-0.39, 0.29) is 0 Å². The lowest BCUT2D eigenvalue weighted by Crippen LogP contribution is -2.26. The minimum atomic E-state index is -0.420. The van der Waals surface area contributed by atoms with Crippen LogP contribution >= 0.6 is 0 Å². The monoisotopic (exact) mass is 129 g/mol. The summed E-state index contributed by atoms with van der Waals surface area (Å²) >= 11 is 0. The van der Waals surface area contributed by atoms with Gasteiger partial charge in [0.05, 0.1) is 19.8 Å². The zero-order valence-electron chi connectivity index (χ0n) is 4.87. The van der Waals surface area contributed by atoms with Gasteiger partial charge in [-0.15, -0.1) is 0 Å². The first-order valence-corrected chi connectivity index (χ1v) is 2.70. The Morgan fingerprint density at radius 1 is 1.56 bits per heavy atom. The molecule has 0 N–H and O–H groups in total. The summed E-state index contributed by atoms with van der Waals surface area (Å²) in [6.45, 7) is 1.47. The molecule has 1 aliphatic rings. The molecule has 0 amide bonds. The standard InChI is InChI=1S/C5H7NO3/c7-4-6-5-3-8-1-2-9-5/h5H,1-3H2. The van der Waals surface area contributed by atoms with E-state index < -0.39 is 6.23 Å². The van der Waals surface area contributed by atoms with Crippen LogP contribution in [0.4, 0.5) is 0 Å². The molecule has 0 aliphatic carbocycles. The smallest absolute Gasteiger partial charge is 0.237 e. The fraction of sp³-hybridized carbons (Fsp3) is 0.800. The quantitative estimate of drug-likeness (QED) is 0.360. The molecule has 4 nitrogen and oxygen atoms in total. The highest BCUT2D eigenvalue weighted by molar-refractivity contribution is 5.33. The van der Waals surface area contributed by atoms with Crippen molar-refractivity contribution in [2.45, 2.75) is 6.23 Å². The normalized spacial score (nSPS) is 26.9. The summed E-state index contributed by atoms with van der Waals surface area (Å²) in [6, 6.07) is 0. The highest BCUT2D eigenvalue weighted by Crippen LogP contribution is 1.99. The first kappa shape index (κ1) is 6.42. The minimum Gasteiger partial charge on any atom is -0.374 e. The van der Waals surface area contributed by atoms with Crippen molar-refractivity contribution in [1.29, 1.82) is 0 Å². The largest absolute Gasteiger partial charge is 0.374 e. The van der Waals surface area contributed by atoms with Gasteiger partial charge >= 0.3 is 0 Å². The molecule has 50 valence electrons. The third-order valence-electron chi connectivity index (χ3n) is 0.995. The number of isocyanates is 1. The van der Waals surface area contributed by atoms with Gasteiger partial charge in [0.2, 0.25) is 6.08 Å². The van der Waals surface area contributed by atoms with E-state index >= 15 is 0 Å². The molecule has 1 rings (SSSR count). The molecular formula is C5H7NO3. The van der Waals surface area contributed by atoms with Crippen molar-refractivity contribution < 1.29 is 14.3 Å². The van der Waals surface area contributed by atoms with E-state index in [2.05, 4.69) is 4.99 Å². The molecule has 9 heavy (non-hydrogen) atoms. The Morgan fingerprint density at radius 3 is 3.00 bits per heavy atom. The van der Waals surface area contributed by atoms with E-state index in [1.54, 1.807) is 0 Å². The van der Waals surface area contributed by atoms with Gasteiger partial charge in [-0.3, -0.25) is 0 Å². The number of ether oxygens (including phenoxy) is 2. The van der Waals surface area contributed by atoms with Crippen molar-refractivity contribution in [2.75, 3.05) is 19.8 Å². The third-order valence-corrected chi connectivity index (χ3v) is 0.995. The number of hydrogen-bond donors (Lipinski definition) is 0. The van der Waals surface area contributed by atoms with E-state index in [0.717, 1.165) is 0 Å². The van der Waals surface area contributed by atoms with Gasteiger partial charge in [0, 0.05) is 0 Å². The van der Waals surface area contributed by atoms with Gasteiger partial charge in [0.1, 0.15) is 0 Å². The maximum Gasteiger partial charge on any atom is 0.237 e. The van der Waals surface area contributed by atoms with Crippen LogP contribution in [0.1, 0.15) is 0 Å². The van der Waals surface area contributed by atoms with E-state index in [1.807, 2.05) is 0 Å². The minimum absolute atomic E-state index is 0.370. The number of carbonyl (C=O) groups excluding carboxylic acids is 1. The van der Waals surface area contributed by atoms with E-state index in [4.69, 9.17) is 9.47 Å². The fourth-order valence-corrected chi connectivity index (χ4v) is 0.609. The lowest BCUT2D eigenvalue weighted by atomic mass is 10.5. The molecule has 0 aromatic carbocycles. The Bertz CT molecular complexity index is 124. The number of aliphatic imine (C=N–C) groups is 1. The molecule has 4 heteroatoms. The lowest BCUT2D eigenvalue weighted by molar-refractivity contribution is -0.0837. The zero-order valence-corrected chi connectivity index (χ0v) is 4.87. The molecule has 1 fully saturated rings. The Kier molecular flexibility index (Phi) is 2.39. The summed E-state index contributed by atoms with van der Waals surface area (Å²) in [6.07, 6.45) is 0.987. The zero-order chi connectivity index (χ0) is 6.53. The summed E-state index contributed by atoms with van der Waals surface area (Å²) in [4.78, 5) is 13.0. The summed E-state index contributed by atoms with van der Waals surface area (Å²) in [5.41, 5.74) is 0. The SMILES string of the molecule is O=C=NC1COCCO1. The van der Waals surface area contributed by atoms with E-state index in [9.17, 15) is 4.79 Å². The van der Waals surface area contributed by atoms with Crippen LogP contribution in [-0.4, -0.2) is 32.1 Å². The van der Waals surface area contributed by atoms with Crippen molar-refractivity contribution >= 4 is 6.08 Å². The molecule has 1 aliphatic heterocycles. The van der Waals surface area contributed by atoms with Gasteiger partial charge in [-0.1, -0.05) is 0 Å². The summed E-state index contributed by atoms with van der Waals surface area (Å²) in [7, 11) is 0. The maximum atomic E-state index is 9.65. The van der Waals surface area contributed by atoms with Crippen LogP contribution in [0.25, 0.3) is 0 Å². The molecule has 0 aromatic heterocycles. The van der Waals surface area contributed by atoms with Gasteiger partial charge in [-0.2, -0.15) is 4.99 Å². The van der Waals surface area contributed by atoms with Crippen LogP contribution in [0, 0.1) is 0 Å². The van der Waals surface area contributed by atoms with Gasteiger partial charge < -0.3 is 9.47 Å². The first-order valence-electron chi connectivity index (χ1n) is 2.70. The van der Waals surface area contributed by atoms with Crippen LogP contribution in [0.3, 0.4) is 0 Å². The first-order chi connectivity index (χ1) is 4.43. The maximum absolute atomic E-state index is 9.65. The topological polar surface area (TPSA) is 47.9 Å². The average molecular weight is 129 g/mol. The molecule has 1 unspecified atom stereocenters. The van der Waals surface area contributed by atoms with Crippen LogP contribution in [0.15, 0.2) is 4.99 Å². The molecule has 0 bridgehead atoms. The molecule has 1 heterocycles. The van der Waals surface area contributed by atoms with E-state index in [0.29, 0.717) is 19.8 Å². The van der Waals surface area contributed by atoms with Crippen molar-refractivity contribution in [3.63, 3.8) is 0 Å². The van der Waals surface area contributed by atoms with Crippen molar-refractivity contribution in [3.05, 3.63) is 0 Å². The van der Waals surface area contributed by atoms with Crippen LogP contribution < -0.4 is 0 Å². The number of nitrogens with zero attached hydrogens (tertiary/aromatic N) is 1. The number of rotatable bonds is 1. The summed E-state index contributed by atoms with van der Waals surface area (Å²) < 4.78 is 9.90. The molecule has 0 radical (unpaired) electrons. The van der Waals surface area contributed by atoms with Gasteiger partial charge in [0.25, 0.3) is 0 Å². The second-order valence-corrected chi connectivity index (χ2v) is 1.62. The molecule has 1 saturated heterocycles. The highest BCUT2D eigenvalue weighted by atomic mass is 16.6. The average Bonchev–Trinajstić information content (AvgIpc) is 1.91. The lowest BCUT2D eigenvalue weighted by Gasteiger charge is -2.17. The van der Waals surface area contributed by atoms with Crippen LogP contribution in [0.5, 0.6) is 0 Å². The van der Waals surface area contributed by atoms with Gasteiger partial charge in [-0.05, 0) is 0 Å². The Morgan fingerprint density at radius 2 is 2.44 bits per heavy atom. The summed E-state index contributed by atoms with van der Waals surface area (Å²) in [5.74, 6) is 0. The Labute approximate surface area is 52.5 Å². The second kappa shape index (κ2) is 3.35. The predicted octanol–water partition coefficient (Wildman–Crippen LogP) is -0.305. The molecule has 0 saturated carbocycles. The summed E-state index contributed by atoms with van der Waals surface area (Å²) in [5, 5.41) is 0. The molecule has 0 spiro atoms. The van der Waals surface area contributed by atoms with Crippen LogP contribution in [0.2, 0.25) is 0 Å². The second-order valence-electron chi connectivity index (χ2n) is 1.62. The van der Waals surface area contributed by atoms with Crippen molar-refractivity contribution in [1.82, 2.24) is 0 Å². The Hall–Kier alpha value is -0.700. The highest BCUT2D eigenvalue weighted by Gasteiger charge is 2.11. The van der Waals surface area contributed by atoms with Crippen molar-refractivity contribution in [2.24, 2.45) is 4.99 Å². The molecule has 0 aromatic rings. The van der Waals surface area contributed by atoms with Crippen molar-refractivity contribution in [3.8, 4) is 0 Å². The predicted molar refractivity (Wildman–Crippen MR) is 28.7 cm³/mol. The van der Waals surface area contributed by atoms with E-state index in [1.165, 1.54) is 6.08 Å². The number of hydrogen-bond acceptors (Lipinski definition) is 4. The molecule has 1 atom stereocenters. The Balaban J connectivity index is 2.31.